The van der Waals surface area contributed by atoms with Crippen LogP contribution in [0.3, 0.4) is 0 Å². The molecule has 76 valence electrons. The summed E-state index contributed by atoms with van der Waals surface area (Å²) >= 11 is 0. The first kappa shape index (κ1) is 10.6. The van der Waals surface area contributed by atoms with Crippen molar-refractivity contribution in [3.8, 4) is 0 Å². The lowest BCUT2D eigenvalue weighted by atomic mass is 9.90. The predicted molar refractivity (Wildman–Crippen MR) is 54.6 cm³/mol. The Morgan fingerprint density at radius 1 is 1.38 bits per heavy atom. The van der Waals surface area contributed by atoms with Gasteiger partial charge in [0, 0.05) is 18.5 Å². The van der Waals surface area contributed by atoms with Crippen LogP contribution in [0.4, 0.5) is 0 Å². The molecule has 1 fully saturated rings. The maximum atomic E-state index is 11.7. The van der Waals surface area contributed by atoms with Gasteiger partial charge in [-0.15, -0.1) is 0 Å². The summed E-state index contributed by atoms with van der Waals surface area (Å²) in [5, 5.41) is 0. The summed E-state index contributed by atoms with van der Waals surface area (Å²) in [5.41, 5.74) is 0.102. The minimum atomic E-state index is 0.102. The normalized spacial score (nSPS) is 21.6. The molecule has 0 aliphatic carbocycles. The van der Waals surface area contributed by atoms with E-state index < -0.39 is 0 Å². The molecular formula is C11H21NO. The van der Waals surface area contributed by atoms with Crippen molar-refractivity contribution < 1.29 is 4.79 Å². The molecule has 1 amide bonds. The molecule has 1 aliphatic heterocycles. The van der Waals surface area contributed by atoms with Crippen molar-refractivity contribution in [2.75, 3.05) is 6.54 Å². The number of rotatable bonds is 2. The first-order chi connectivity index (χ1) is 6.08. The third-order valence-corrected chi connectivity index (χ3v) is 2.92. The Balaban J connectivity index is 2.59. The quantitative estimate of drug-likeness (QED) is 0.644. The van der Waals surface area contributed by atoms with Gasteiger partial charge in [0.25, 0.3) is 0 Å². The van der Waals surface area contributed by atoms with E-state index >= 15 is 0 Å². The molecule has 1 rings (SSSR count). The van der Waals surface area contributed by atoms with Crippen LogP contribution in [0.15, 0.2) is 0 Å². The van der Waals surface area contributed by atoms with Crippen LogP contribution in [0.25, 0.3) is 0 Å². The number of likely N-dealkylation sites (tertiary alicyclic amines) is 1. The fourth-order valence-corrected chi connectivity index (χ4v) is 2.08. The fraction of sp³-hybridized carbons (Fsp3) is 0.909. The Bertz CT molecular complexity index is 187. The molecule has 0 atom stereocenters. The van der Waals surface area contributed by atoms with E-state index in [1.54, 1.807) is 0 Å². The van der Waals surface area contributed by atoms with E-state index in [4.69, 9.17) is 0 Å². The second-order valence-corrected chi connectivity index (χ2v) is 4.56. The summed E-state index contributed by atoms with van der Waals surface area (Å²) in [7, 11) is 0. The third kappa shape index (κ3) is 2.45. The molecule has 0 N–H and O–H groups in total. The van der Waals surface area contributed by atoms with Crippen molar-refractivity contribution >= 4 is 5.91 Å². The van der Waals surface area contributed by atoms with Gasteiger partial charge >= 0.3 is 0 Å². The van der Waals surface area contributed by atoms with Gasteiger partial charge in [-0.25, -0.2) is 0 Å². The Hall–Kier alpha value is -0.530. The zero-order valence-corrected chi connectivity index (χ0v) is 9.10. The van der Waals surface area contributed by atoms with E-state index in [1.807, 2.05) is 0 Å². The minimum absolute atomic E-state index is 0.102. The van der Waals surface area contributed by atoms with Crippen LogP contribution in [0.1, 0.15) is 52.9 Å². The van der Waals surface area contributed by atoms with Crippen LogP contribution in [0.2, 0.25) is 0 Å². The number of carbonyl (C=O) groups excluding carboxylic acids is 1. The van der Waals surface area contributed by atoms with Gasteiger partial charge in [0.15, 0.2) is 0 Å². The number of amides is 1. The van der Waals surface area contributed by atoms with E-state index in [-0.39, 0.29) is 5.54 Å². The van der Waals surface area contributed by atoms with Crippen molar-refractivity contribution in [1.29, 1.82) is 0 Å². The second-order valence-electron chi connectivity index (χ2n) is 4.56. The van der Waals surface area contributed by atoms with Crippen molar-refractivity contribution in [3.63, 3.8) is 0 Å². The van der Waals surface area contributed by atoms with Crippen LogP contribution in [0, 0.1) is 0 Å². The highest BCUT2D eigenvalue weighted by Crippen LogP contribution is 2.27. The van der Waals surface area contributed by atoms with Gasteiger partial charge in [0.1, 0.15) is 0 Å². The number of carbonyl (C=O) groups is 1. The third-order valence-electron chi connectivity index (χ3n) is 2.92. The summed E-state index contributed by atoms with van der Waals surface area (Å²) < 4.78 is 0. The van der Waals surface area contributed by atoms with Crippen LogP contribution in [0.5, 0.6) is 0 Å². The lowest BCUT2D eigenvalue weighted by Crippen LogP contribution is -2.50. The van der Waals surface area contributed by atoms with Crippen LogP contribution in [-0.2, 0) is 4.79 Å². The van der Waals surface area contributed by atoms with Gasteiger partial charge < -0.3 is 4.90 Å². The van der Waals surface area contributed by atoms with Gasteiger partial charge in [0.05, 0.1) is 0 Å². The topological polar surface area (TPSA) is 20.3 Å². The molecule has 1 saturated heterocycles. The van der Waals surface area contributed by atoms with E-state index in [9.17, 15) is 4.79 Å². The van der Waals surface area contributed by atoms with Gasteiger partial charge in [-0.1, -0.05) is 6.92 Å². The summed E-state index contributed by atoms with van der Waals surface area (Å²) in [6.45, 7) is 7.39. The molecular weight excluding hydrogens is 162 g/mol. The minimum Gasteiger partial charge on any atom is -0.338 e. The van der Waals surface area contributed by atoms with Crippen molar-refractivity contribution in [3.05, 3.63) is 0 Å². The second kappa shape index (κ2) is 4.12. The Morgan fingerprint density at radius 3 is 2.62 bits per heavy atom. The maximum absolute atomic E-state index is 11.7. The van der Waals surface area contributed by atoms with Crippen molar-refractivity contribution in [2.45, 2.75) is 58.4 Å². The van der Waals surface area contributed by atoms with E-state index in [0.29, 0.717) is 12.3 Å². The van der Waals surface area contributed by atoms with Gasteiger partial charge in [-0.05, 0) is 39.5 Å². The molecule has 1 aliphatic rings. The SMILES string of the molecule is CCCC(=O)N1CCCCC1(C)C. The molecule has 0 saturated carbocycles. The summed E-state index contributed by atoms with van der Waals surface area (Å²) in [6.07, 6.45) is 5.28. The molecule has 0 aromatic rings. The number of hydrogen-bond donors (Lipinski definition) is 0. The number of piperidine rings is 1. The number of hydrogen-bond acceptors (Lipinski definition) is 1. The summed E-state index contributed by atoms with van der Waals surface area (Å²) in [5.74, 6) is 0.340. The number of nitrogens with zero attached hydrogens (tertiary/aromatic N) is 1. The van der Waals surface area contributed by atoms with Crippen molar-refractivity contribution in [2.24, 2.45) is 0 Å². The van der Waals surface area contributed by atoms with Gasteiger partial charge in [-0.3, -0.25) is 4.79 Å². The standard InChI is InChI=1S/C11H21NO/c1-4-7-10(13)12-9-6-5-8-11(12,2)3/h4-9H2,1-3H3. The fourth-order valence-electron chi connectivity index (χ4n) is 2.08. The van der Waals surface area contributed by atoms with E-state index in [2.05, 4.69) is 25.7 Å². The average Bonchev–Trinajstić information content (AvgIpc) is 2.03. The molecule has 0 radical (unpaired) electrons. The largest absolute Gasteiger partial charge is 0.338 e. The highest BCUT2D eigenvalue weighted by atomic mass is 16.2. The summed E-state index contributed by atoms with van der Waals surface area (Å²) in [6, 6.07) is 0. The molecule has 0 aromatic carbocycles. The first-order valence-electron chi connectivity index (χ1n) is 5.38. The molecule has 1 heterocycles. The highest BCUT2D eigenvalue weighted by molar-refractivity contribution is 5.77. The molecule has 0 aromatic heterocycles. The van der Waals surface area contributed by atoms with Gasteiger partial charge in [0.2, 0.25) is 5.91 Å². The molecule has 0 unspecified atom stereocenters. The lowest BCUT2D eigenvalue weighted by molar-refractivity contribution is -0.138. The van der Waals surface area contributed by atoms with Crippen LogP contribution in [-0.4, -0.2) is 22.9 Å². The van der Waals surface area contributed by atoms with Crippen LogP contribution >= 0.6 is 0 Å². The molecule has 0 spiro atoms. The molecule has 2 heteroatoms. The lowest BCUT2D eigenvalue weighted by Gasteiger charge is -2.42. The summed E-state index contributed by atoms with van der Waals surface area (Å²) in [4.78, 5) is 13.8. The maximum Gasteiger partial charge on any atom is 0.222 e. The monoisotopic (exact) mass is 183 g/mol. The first-order valence-corrected chi connectivity index (χ1v) is 5.38. The molecule has 13 heavy (non-hydrogen) atoms. The smallest absolute Gasteiger partial charge is 0.222 e. The average molecular weight is 183 g/mol. The molecule has 2 nitrogen and oxygen atoms in total. The Kier molecular flexibility index (Phi) is 3.34. The highest BCUT2D eigenvalue weighted by Gasteiger charge is 2.32. The van der Waals surface area contributed by atoms with E-state index in [0.717, 1.165) is 19.4 Å². The predicted octanol–water partition coefficient (Wildman–Crippen LogP) is 2.58. The zero-order chi connectivity index (χ0) is 9.90. The van der Waals surface area contributed by atoms with Gasteiger partial charge in [-0.2, -0.15) is 0 Å². The van der Waals surface area contributed by atoms with Crippen molar-refractivity contribution in [1.82, 2.24) is 4.90 Å². The Morgan fingerprint density at radius 2 is 2.08 bits per heavy atom. The Labute approximate surface area is 81.3 Å². The van der Waals surface area contributed by atoms with E-state index in [1.165, 1.54) is 12.8 Å². The van der Waals surface area contributed by atoms with Crippen LogP contribution < -0.4 is 0 Å². The molecule has 0 bridgehead atoms. The zero-order valence-electron chi connectivity index (χ0n) is 9.10.